The third-order valence-corrected chi connectivity index (χ3v) is 4.68. The number of carbonyl (C=O) groups is 1. The summed E-state index contributed by atoms with van der Waals surface area (Å²) in [6, 6.07) is 7.09. The smallest absolute Gasteiger partial charge is 0.422 e. The number of esters is 1. The molecule has 2 aliphatic heterocycles. The maximum absolute atomic E-state index is 12.6. The summed E-state index contributed by atoms with van der Waals surface area (Å²) in [5, 5.41) is 0.938. The number of H-pyrrole nitrogens is 2. The van der Waals surface area contributed by atoms with Crippen LogP contribution in [0.15, 0.2) is 76.0 Å². The van der Waals surface area contributed by atoms with Crippen LogP contribution in [0.1, 0.15) is 18.3 Å². The number of aromatic nitrogens is 2. The van der Waals surface area contributed by atoms with Gasteiger partial charge in [-0.25, -0.2) is 9.79 Å². The van der Waals surface area contributed by atoms with E-state index in [1.165, 1.54) is 0 Å². The van der Waals surface area contributed by atoms with E-state index < -0.39 is 18.8 Å². The van der Waals surface area contributed by atoms with E-state index in [-0.39, 0.29) is 11.3 Å². The molecule has 0 saturated heterocycles. The maximum Gasteiger partial charge on any atom is 0.422 e. The number of allylic oxidation sites excluding steroid dienone is 5. The monoisotopic (exact) mass is 452 g/mol. The second-order valence-electron chi connectivity index (χ2n) is 7.16. The molecule has 0 fully saturated rings. The second-order valence-corrected chi connectivity index (χ2v) is 7.16. The lowest BCUT2D eigenvalue weighted by Gasteiger charge is -2.09. The summed E-state index contributed by atoms with van der Waals surface area (Å²) >= 11 is 0. The van der Waals surface area contributed by atoms with Crippen molar-refractivity contribution in [3.8, 4) is 0 Å². The molecule has 6 nitrogen and oxygen atoms in total. The Morgan fingerprint density at radius 3 is 2.48 bits per heavy atom. The summed E-state index contributed by atoms with van der Waals surface area (Å²) in [6.07, 6.45) is 9.47. The Kier molecular flexibility index (Phi) is 6.12. The molecule has 2 N–H and O–H groups in total. The van der Waals surface area contributed by atoms with Gasteiger partial charge in [0.15, 0.2) is 6.61 Å². The number of ether oxygens (including phenoxy) is 1. The first-order chi connectivity index (χ1) is 15.8. The number of aromatic amines is 2. The fourth-order valence-corrected chi connectivity index (χ4v) is 3.22. The standard InChI is InChI=1S/C24H19F3N4O2/c1-2-15-7-9-20(30-15)22(23(32)33-14-24(25,26)27)21-10-8-19(31-21)13-18-6-5-17(29-18)12-16-4-3-11-28-16/h2-13,29,31H,14H2,1H3. The normalized spacial score (nSPS) is 19.2. The Balaban J connectivity index is 1.69. The van der Waals surface area contributed by atoms with Crippen molar-refractivity contribution in [2.45, 2.75) is 13.1 Å². The van der Waals surface area contributed by atoms with Crippen LogP contribution in [0.4, 0.5) is 13.2 Å². The molecule has 0 aliphatic carbocycles. The molecule has 0 saturated carbocycles. The summed E-state index contributed by atoms with van der Waals surface area (Å²) in [6.45, 7) is 0.0911. The van der Waals surface area contributed by atoms with Crippen molar-refractivity contribution >= 4 is 35.6 Å². The fraction of sp³-hybridized carbons (Fsp3) is 0.125. The molecular formula is C24H19F3N4O2. The third-order valence-electron chi connectivity index (χ3n) is 4.68. The summed E-state index contributed by atoms with van der Waals surface area (Å²) < 4.78 is 42.2. The van der Waals surface area contributed by atoms with Gasteiger partial charge in [-0.15, -0.1) is 0 Å². The number of rotatable bonds is 5. The van der Waals surface area contributed by atoms with Crippen LogP contribution in [0, 0.1) is 0 Å². The number of hydrogen-bond acceptors (Lipinski definition) is 4. The van der Waals surface area contributed by atoms with Crippen LogP contribution in [-0.4, -0.2) is 40.6 Å². The van der Waals surface area contributed by atoms with Crippen molar-refractivity contribution in [2.75, 3.05) is 6.61 Å². The SMILES string of the molecule is CC=C1C=CC(C(C(=O)OCC(F)(F)F)=c2ccc(=Cc3ccc(C=C4C=CC=N4)[nH]3)[nH]2)=N1. The molecule has 0 atom stereocenters. The number of nitrogens with one attached hydrogen (secondary N) is 2. The van der Waals surface area contributed by atoms with Gasteiger partial charge < -0.3 is 14.7 Å². The zero-order valence-electron chi connectivity index (χ0n) is 17.5. The predicted molar refractivity (Wildman–Crippen MR) is 121 cm³/mol. The van der Waals surface area contributed by atoms with E-state index >= 15 is 0 Å². The summed E-state index contributed by atoms with van der Waals surface area (Å²) in [4.78, 5) is 27.3. The molecule has 9 heteroatoms. The molecule has 0 amide bonds. The molecule has 0 aromatic carbocycles. The maximum atomic E-state index is 12.6. The van der Waals surface area contributed by atoms with E-state index in [1.54, 1.807) is 43.5 Å². The van der Waals surface area contributed by atoms with Gasteiger partial charge in [-0.3, -0.25) is 4.99 Å². The highest BCUT2D eigenvalue weighted by Gasteiger charge is 2.31. The van der Waals surface area contributed by atoms with Gasteiger partial charge in [-0.05, 0) is 67.6 Å². The van der Waals surface area contributed by atoms with Crippen molar-refractivity contribution in [3.63, 3.8) is 0 Å². The van der Waals surface area contributed by atoms with Crippen LogP contribution in [0.2, 0.25) is 0 Å². The lowest BCUT2D eigenvalue weighted by molar-refractivity contribution is -0.181. The number of aliphatic imine (C=N–C) groups is 2. The molecule has 168 valence electrons. The number of carbonyl (C=O) groups excluding carboxylic acids is 1. The molecule has 4 rings (SSSR count). The lowest BCUT2D eigenvalue weighted by Crippen LogP contribution is -2.27. The van der Waals surface area contributed by atoms with Crippen molar-refractivity contribution in [1.29, 1.82) is 0 Å². The Morgan fingerprint density at radius 1 is 1.03 bits per heavy atom. The molecular weight excluding hydrogens is 433 g/mol. The van der Waals surface area contributed by atoms with E-state index in [4.69, 9.17) is 0 Å². The van der Waals surface area contributed by atoms with Gasteiger partial charge in [0.1, 0.15) is 5.57 Å². The Bertz CT molecular complexity index is 1370. The summed E-state index contributed by atoms with van der Waals surface area (Å²) in [7, 11) is 0. The molecule has 0 bridgehead atoms. The van der Waals surface area contributed by atoms with Gasteiger partial charge in [-0.2, -0.15) is 13.2 Å². The summed E-state index contributed by atoms with van der Waals surface area (Å²) in [5.74, 6) is -1.11. The highest BCUT2D eigenvalue weighted by molar-refractivity contribution is 6.44. The average molecular weight is 452 g/mol. The largest absolute Gasteiger partial charge is 0.452 e. The van der Waals surface area contributed by atoms with Crippen LogP contribution >= 0.6 is 0 Å². The zero-order chi connectivity index (χ0) is 23.4. The van der Waals surface area contributed by atoms with Crippen molar-refractivity contribution in [3.05, 3.63) is 88.1 Å². The number of halogens is 3. The summed E-state index contributed by atoms with van der Waals surface area (Å²) in [5.41, 5.74) is 3.22. The molecule has 2 aromatic heterocycles. The molecule has 2 aliphatic rings. The topological polar surface area (TPSA) is 82.6 Å². The first-order valence-electron chi connectivity index (χ1n) is 10.0. The van der Waals surface area contributed by atoms with E-state index in [0.717, 1.165) is 17.1 Å². The quantitative estimate of drug-likeness (QED) is 0.683. The van der Waals surface area contributed by atoms with Crippen LogP contribution in [0.5, 0.6) is 0 Å². The average Bonchev–Trinajstić information content (AvgIpc) is 3.56. The van der Waals surface area contributed by atoms with E-state index in [0.29, 0.717) is 16.4 Å². The van der Waals surface area contributed by atoms with Crippen LogP contribution in [0.3, 0.4) is 0 Å². The molecule has 2 aromatic rings. The van der Waals surface area contributed by atoms with Crippen LogP contribution in [0.25, 0.3) is 17.7 Å². The minimum absolute atomic E-state index is 0.0743. The van der Waals surface area contributed by atoms with Crippen molar-refractivity contribution < 1.29 is 22.7 Å². The first kappa shape index (κ1) is 22.1. The number of hydrogen-bond donors (Lipinski definition) is 2. The molecule has 0 unspecified atom stereocenters. The molecule has 0 radical (unpaired) electrons. The second kappa shape index (κ2) is 9.15. The first-order valence-corrected chi connectivity index (χ1v) is 10.0. The Morgan fingerprint density at radius 2 is 1.82 bits per heavy atom. The minimum Gasteiger partial charge on any atom is -0.452 e. The van der Waals surface area contributed by atoms with Crippen molar-refractivity contribution in [2.24, 2.45) is 9.98 Å². The van der Waals surface area contributed by atoms with Gasteiger partial charge in [0.05, 0.1) is 22.5 Å². The van der Waals surface area contributed by atoms with Crippen molar-refractivity contribution in [1.82, 2.24) is 9.97 Å². The van der Waals surface area contributed by atoms with E-state index in [2.05, 4.69) is 24.7 Å². The number of nitrogens with zero attached hydrogens (tertiary/aromatic N) is 2. The predicted octanol–water partition coefficient (Wildman–Crippen LogP) is 3.32. The van der Waals surface area contributed by atoms with Gasteiger partial charge in [0, 0.05) is 23.0 Å². The molecule has 0 spiro atoms. The highest BCUT2D eigenvalue weighted by Crippen LogP contribution is 2.18. The number of alkyl halides is 3. The lowest BCUT2D eigenvalue weighted by atomic mass is 10.1. The van der Waals surface area contributed by atoms with Crippen LogP contribution in [-0.2, 0) is 9.53 Å². The zero-order valence-corrected chi connectivity index (χ0v) is 17.5. The minimum atomic E-state index is -4.63. The third kappa shape index (κ3) is 5.57. The van der Waals surface area contributed by atoms with Gasteiger partial charge in [-0.1, -0.05) is 6.08 Å². The highest BCUT2D eigenvalue weighted by atomic mass is 19.4. The fourth-order valence-electron chi connectivity index (χ4n) is 3.22. The van der Waals surface area contributed by atoms with Gasteiger partial charge in [0.25, 0.3) is 0 Å². The molecule has 4 heterocycles. The van der Waals surface area contributed by atoms with Gasteiger partial charge >= 0.3 is 12.1 Å². The van der Waals surface area contributed by atoms with E-state index in [9.17, 15) is 18.0 Å². The van der Waals surface area contributed by atoms with Gasteiger partial charge in [0.2, 0.25) is 0 Å². The Labute approximate surface area is 186 Å². The van der Waals surface area contributed by atoms with E-state index in [1.807, 2.05) is 36.4 Å². The Hall–Kier alpha value is -4.14. The molecule has 33 heavy (non-hydrogen) atoms. The van der Waals surface area contributed by atoms with Crippen LogP contribution < -0.4 is 10.7 Å².